The number of aromatic nitrogens is 1. The van der Waals surface area contributed by atoms with Gasteiger partial charge in [-0.05, 0) is 43.7 Å². The molecule has 2 aromatic rings. The van der Waals surface area contributed by atoms with Gasteiger partial charge in [0.2, 0.25) is 5.91 Å². The van der Waals surface area contributed by atoms with Crippen LogP contribution in [-0.4, -0.2) is 23.6 Å². The molecule has 0 aliphatic carbocycles. The number of rotatable bonds is 8. The second-order valence-corrected chi connectivity index (χ2v) is 7.01. The van der Waals surface area contributed by atoms with E-state index >= 15 is 0 Å². The monoisotopic (exact) mass is 340 g/mol. The molecule has 0 bridgehead atoms. The number of anilines is 1. The van der Waals surface area contributed by atoms with Gasteiger partial charge in [-0.2, -0.15) is 0 Å². The summed E-state index contributed by atoms with van der Waals surface area (Å²) in [7, 11) is 0. The van der Waals surface area contributed by atoms with Gasteiger partial charge in [0, 0.05) is 24.6 Å². The Balaban J connectivity index is 1.63. The van der Waals surface area contributed by atoms with E-state index in [1.165, 1.54) is 6.42 Å². The average molecular weight is 340 g/mol. The maximum absolute atomic E-state index is 12.6. The summed E-state index contributed by atoms with van der Waals surface area (Å²) in [6, 6.07) is 9.82. The lowest BCUT2D eigenvalue weighted by Gasteiger charge is -2.20. The summed E-state index contributed by atoms with van der Waals surface area (Å²) in [5.74, 6) is 0.475. The second-order valence-electron chi connectivity index (χ2n) is 7.01. The van der Waals surface area contributed by atoms with Gasteiger partial charge in [0.05, 0.1) is 17.3 Å². The van der Waals surface area contributed by atoms with E-state index in [1.54, 1.807) is 6.20 Å². The van der Waals surface area contributed by atoms with E-state index in [4.69, 9.17) is 4.74 Å². The molecule has 1 aliphatic rings. The van der Waals surface area contributed by atoms with Crippen LogP contribution in [0.25, 0.3) is 10.9 Å². The van der Waals surface area contributed by atoms with E-state index in [2.05, 4.69) is 17.2 Å². The number of nitrogens with zero attached hydrogens (tertiary/aromatic N) is 1. The van der Waals surface area contributed by atoms with Crippen molar-refractivity contribution in [2.75, 3.05) is 11.9 Å². The van der Waals surface area contributed by atoms with Crippen molar-refractivity contribution < 1.29 is 9.53 Å². The van der Waals surface area contributed by atoms with Gasteiger partial charge < -0.3 is 10.1 Å². The molecule has 1 aromatic heterocycles. The van der Waals surface area contributed by atoms with Crippen molar-refractivity contribution in [3.05, 3.63) is 36.5 Å². The zero-order chi connectivity index (χ0) is 17.5. The molecule has 1 aliphatic heterocycles. The molecular weight excluding hydrogens is 312 g/mol. The topological polar surface area (TPSA) is 51.2 Å². The first-order valence-corrected chi connectivity index (χ1v) is 9.51. The van der Waals surface area contributed by atoms with Crippen LogP contribution in [0.2, 0.25) is 0 Å². The molecule has 4 heteroatoms. The zero-order valence-electron chi connectivity index (χ0n) is 15.0. The quantitative estimate of drug-likeness (QED) is 0.740. The number of ether oxygens (including phenoxy) is 1. The zero-order valence-corrected chi connectivity index (χ0v) is 15.0. The fourth-order valence-electron chi connectivity index (χ4n) is 3.67. The number of carbonyl (C=O) groups excluding carboxylic acids is 1. The Morgan fingerprint density at radius 1 is 1.36 bits per heavy atom. The van der Waals surface area contributed by atoms with E-state index in [0.717, 1.165) is 55.3 Å². The lowest BCUT2D eigenvalue weighted by Crippen LogP contribution is -2.20. The molecule has 2 atom stereocenters. The van der Waals surface area contributed by atoms with Gasteiger partial charge in [-0.1, -0.05) is 38.0 Å². The van der Waals surface area contributed by atoms with Crippen molar-refractivity contribution in [3.8, 4) is 0 Å². The summed E-state index contributed by atoms with van der Waals surface area (Å²) >= 11 is 0. The minimum Gasteiger partial charge on any atom is -0.378 e. The molecule has 2 unspecified atom stereocenters. The van der Waals surface area contributed by atoms with Crippen molar-refractivity contribution in [1.82, 2.24) is 4.98 Å². The molecule has 25 heavy (non-hydrogen) atoms. The van der Waals surface area contributed by atoms with Gasteiger partial charge in [0.1, 0.15) is 0 Å². The summed E-state index contributed by atoms with van der Waals surface area (Å²) < 4.78 is 5.78. The molecule has 4 nitrogen and oxygen atoms in total. The highest BCUT2D eigenvalue weighted by Crippen LogP contribution is 2.27. The van der Waals surface area contributed by atoms with Crippen LogP contribution in [0.5, 0.6) is 0 Å². The van der Waals surface area contributed by atoms with Crippen LogP contribution < -0.4 is 5.32 Å². The molecule has 0 radical (unpaired) electrons. The average Bonchev–Trinajstić information content (AvgIpc) is 3.13. The van der Waals surface area contributed by atoms with E-state index in [9.17, 15) is 4.79 Å². The third-order valence-electron chi connectivity index (χ3n) is 4.97. The smallest absolute Gasteiger partial charge is 0.224 e. The summed E-state index contributed by atoms with van der Waals surface area (Å²) in [6.07, 6.45) is 9.38. The maximum atomic E-state index is 12.6. The highest BCUT2D eigenvalue weighted by molar-refractivity contribution is 6.00. The van der Waals surface area contributed by atoms with Crippen LogP contribution in [0.1, 0.15) is 51.9 Å². The second kappa shape index (κ2) is 8.95. The van der Waals surface area contributed by atoms with Crippen LogP contribution in [-0.2, 0) is 9.53 Å². The number of amides is 1. The minimum atomic E-state index is 0.0808. The Labute approximate surface area is 150 Å². The number of hydrogen-bond acceptors (Lipinski definition) is 3. The molecule has 2 heterocycles. The molecule has 3 rings (SSSR count). The summed E-state index contributed by atoms with van der Waals surface area (Å²) in [5.41, 5.74) is 1.65. The number of para-hydroxylation sites is 1. The molecule has 1 saturated heterocycles. The summed E-state index contributed by atoms with van der Waals surface area (Å²) in [6.45, 7) is 3.07. The number of carbonyl (C=O) groups is 1. The first kappa shape index (κ1) is 17.9. The number of pyridine rings is 1. The van der Waals surface area contributed by atoms with E-state index in [-0.39, 0.29) is 5.91 Å². The number of hydrogen-bond donors (Lipinski definition) is 1. The first-order chi connectivity index (χ1) is 12.3. The number of unbranched alkanes of at least 4 members (excludes halogenated alkanes) is 1. The largest absolute Gasteiger partial charge is 0.378 e. The van der Waals surface area contributed by atoms with Crippen molar-refractivity contribution in [3.63, 3.8) is 0 Å². The van der Waals surface area contributed by atoms with Gasteiger partial charge in [-0.25, -0.2) is 0 Å². The van der Waals surface area contributed by atoms with Gasteiger partial charge in [0.15, 0.2) is 0 Å². The predicted octanol–water partition coefficient (Wildman–Crippen LogP) is 4.94. The molecule has 0 spiro atoms. The number of fused-ring (bicyclic) bond motifs is 1. The third-order valence-corrected chi connectivity index (χ3v) is 4.97. The first-order valence-electron chi connectivity index (χ1n) is 9.51. The lowest BCUT2D eigenvalue weighted by atomic mass is 9.91. The molecule has 0 saturated carbocycles. The lowest BCUT2D eigenvalue weighted by molar-refractivity contribution is -0.117. The standard InChI is InChI=1S/C21H28N2O2/c1-2-3-7-16(14-18-10-6-13-25-18)15-20(24)23-19-11-4-8-17-9-5-12-22-21(17)19/h4-5,8-9,11-12,16,18H,2-3,6-7,10,13-15H2,1H3,(H,23,24). The fourth-order valence-corrected chi connectivity index (χ4v) is 3.67. The van der Waals surface area contributed by atoms with Gasteiger partial charge in [0.25, 0.3) is 0 Å². The fraction of sp³-hybridized carbons (Fsp3) is 0.524. The molecular formula is C21H28N2O2. The number of nitrogens with one attached hydrogen (secondary N) is 1. The Morgan fingerprint density at radius 3 is 3.04 bits per heavy atom. The normalized spacial score (nSPS) is 18.4. The van der Waals surface area contributed by atoms with Gasteiger partial charge in [-0.3, -0.25) is 9.78 Å². The Kier molecular flexibility index (Phi) is 6.40. The SMILES string of the molecule is CCCCC(CC(=O)Nc1cccc2cccnc12)CC1CCCO1. The van der Waals surface area contributed by atoms with Crippen molar-refractivity contribution in [2.45, 2.75) is 58.0 Å². The van der Waals surface area contributed by atoms with Crippen LogP contribution in [0.15, 0.2) is 36.5 Å². The maximum Gasteiger partial charge on any atom is 0.224 e. The van der Waals surface area contributed by atoms with Crippen LogP contribution in [0.3, 0.4) is 0 Å². The third kappa shape index (κ3) is 5.02. The van der Waals surface area contributed by atoms with Crippen LogP contribution >= 0.6 is 0 Å². The van der Waals surface area contributed by atoms with Crippen molar-refractivity contribution >= 4 is 22.5 Å². The van der Waals surface area contributed by atoms with Crippen LogP contribution in [0, 0.1) is 5.92 Å². The van der Waals surface area contributed by atoms with Crippen molar-refractivity contribution in [1.29, 1.82) is 0 Å². The van der Waals surface area contributed by atoms with E-state index in [1.807, 2.05) is 30.3 Å². The highest BCUT2D eigenvalue weighted by Gasteiger charge is 2.22. The van der Waals surface area contributed by atoms with Gasteiger partial charge in [-0.15, -0.1) is 0 Å². The summed E-state index contributed by atoms with van der Waals surface area (Å²) in [5, 5.41) is 4.12. The van der Waals surface area contributed by atoms with Gasteiger partial charge >= 0.3 is 0 Å². The van der Waals surface area contributed by atoms with Crippen molar-refractivity contribution in [2.24, 2.45) is 5.92 Å². The molecule has 1 N–H and O–H groups in total. The minimum absolute atomic E-state index is 0.0808. The Morgan fingerprint density at radius 2 is 2.24 bits per heavy atom. The van der Waals surface area contributed by atoms with Crippen LogP contribution in [0.4, 0.5) is 5.69 Å². The summed E-state index contributed by atoms with van der Waals surface area (Å²) in [4.78, 5) is 17.0. The Hall–Kier alpha value is -1.94. The molecule has 1 fully saturated rings. The number of benzene rings is 1. The molecule has 134 valence electrons. The van der Waals surface area contributed by atoms with E-state index < -0.39 is 0 Å². The highest BCUT2D eigenvalue weighted by atomic mass is 16.5. The Bertz CT molecular complexity index is 690. The molecule has 1 aromatic carbocycles. The predicted molar refractivity (Wildman–Crippen MR) is 102 cm³/mol. The van der Waals surface area contributed by atoms with E-state index in [0.29, 0.717) is 18.4 Å². The molecule has 1 amide bonds.